The van der Waals surface area contributed by atoms with Crippen molar-refractivity contribution < 1.29 is 14.4 Å². The molecular formula is C20H23ClN4O3. The van der Waals surface area contributed by atoms with Crippen molar-refractivity contribution in [3.8, 4) is 0 Å². The van der Waals surface area contributed by atoms with Crippen LogP contribution in [0.3, 0.4) is 0 Å². The maximum Gasteiger partial charge on any atom is 0.253 e. The first-order chi connectivity index (χ1) is 13.0. The minimum atomic E-state index is -0.909. The molecule has 1 heterocycles. The molecule has 8 heteroatoms. The predicted octanol–water partition coefficient (Wildman–Crippen LogP) is 1.97. The highest BCUT2D eigenvalue weighted by molar-refractivity contribution is 6.36. The summed E-state index contributed by atoms with van der Waals surface area (Å²) < 4.78 is 0. The van der Waals surface area contributed by atoms with Crippen LogP contribution >= 0.6 is 11.6 Å². The van der Waals surface area contributed by atoms with Gasteiger partial charge in [-0.1, -0.05) is 44.2 Å². The number of hydrogen-bond donors (Lipinski definition) is 3. The molecule has 2 unspecified atom stereocenters. The van der Waals surface area contributed by atoms with Crippen LogP contribution in [0.4, 0.5) is 5.69 Å². The SMILES string of the molecule is CC(C)(C)C(NC(=O)c1cccc(N)c1Cl)C(=O)N1C2=C=C(CC2)C1C(N)=O. The molecule has 2 bridgehead atoms. The Kier molecular flexibility index (Phi) is 5.00. The number of rotatable bonds is 4. The van der Waals surface area contributed by atoms with Crippen molar-refractivity contribution in [2.45, 2.75) is 45.7 Å². The molecule has 0 fully saturated rings. The van der Waals surface area contributed by atoms with Gasteiger partial charge in [-0.15, -0.1) is 0 Å². The first kappa shape index (κ1) is 20.0. The summed E-state index contributed by atoms with van der Waals surface area (Å²) in [6.07, 6.45) is 1.29. The molecule has 0 saturated carbocycles. The first-order valence-electron chi connectivity index (χ1n) is 8.98. The van der Waals surface area contributed by atoms with E-state index in [-0.39, 0.29) is 16.3 Å². The Morgan fingerprint density at radius 1 is 1.29 bits per heavy atom. The molecule has 3 amide bonds. The summed E-state index contributed by atoms with van der Waals surface area (Å²) >= 11 is 6.15. The van der Waals surface area contributed by atoms with Crippen LogP contribution in [0.2, 0.25) is 5.02 Å². The molecule has 0 saturated heterocycles. The van der Waals surface area contributed by atoms with Gasteiger partial charge in [0.2, 0.25) is 5.91 Å². The lowest BCUT2D eigenvalue weighted by atomic mass is 9.84. The highest BCUT2D eigenvalue weighted by Gasteiger charge is 2.46. The summed E-state index contributed by atoms with van der Waals surface area (Å²) in [6, 6.07) is 2.99. The fourth-order valence-electron chi connectivity index (χ4n) is 3.54. The van der Waals surface area contributed by atoms with E-state index in [2.05, 4.69) is 11.0 Å². The number of likely N-dealkylation sites (tertiary alicyclic amines) is 1. The number of carbonyl (C=O) groups is 3. The Bertz CT molecular complexity index is 941. The van der Waals surface area contributed by atoms with Gasteiger partial charge >= 0.3 is 0 Å². The number of nitrogen functional groups attached to an aromatic ring is 1. The molecule has 1 aliphatic carbocycles. The van der Waals surface area contributed by atoms with E-state index in [9.17, 15) is 14.4 Å². The zero-order chi connectivity index (χ0) is 20.8. The summed E-state index contributed by atoms with van der Waals surface area (Å²) in [6.45, 7) is 5.49. The Morgan fingerprint density at radius 2 is 1.96 bits per heavy atom. The topological polar surface area (TPSA) is 119 Å². The zero-order valence-electron chi connectivity index (χ0n) is 16.0. The minimum Gasteiger partial charge on any atom is -0.398 e. The Labute approximate surface area is 168 Å². The van der Waals surface area contributed by atoms with E-state index in [1.165, 1.54) is 11.0 Å². The highest BCUT2D eigenvalue weighted by Crippen LogP contribution is 2.37. The second-order valence-corrected chi connectivity index (χ2v) is 8.47. The van der Waals surface area contributed by atoms with Crippen molar-refractivity contribution in [1.29, 1.82) is 0 Å². The first-order valence-corrected chi connectivity index (χ1v) is 9.36. The van der Waals surface area contributed by atoms with Crippen LogP contribution in [0.5, 0.6) is 0 Å². The van der Waals surface area contributed by atoms with E-state index in [1.54, 1.807) is 12.1 Å². The number of nitrogens with two attached hydrogens (primary N) is 2. The lowest BCUT2D eigenvalue weighted by Crippen LogP contribution is -2.58. The lowest BCUT2D eigenvalue weighted by Gasteiger charge is -2.38. The summed E-state index contributed by atoms with van der Waals surface area (Å²) in [7, 11) is 0. The number of nitrogens with one attached hydrogen (secondary N) is 1. The molecule has 2 aliphatic rings. The Morgan fingerprint density at radius 3 is 2.57 bits per heavy atom. The van der Waals surface area contributed by atoms with Crippen LogP contribution in [0, 0.1) is 5.41 Å². The Balaban J connectivity index is 1.90. The van der Waals surface area contributed by atoms with Gasteiger partial charge in [0.05, 0.1) is 22.0 Å². The minimum absolute atomic E-state index is 0.127. The van der Waals surface area contributed by atoms with Gasteiger partial charge in [-0.05, 0) is 30.4 Å². The number of carbonyl (C=O) groups excluding carboxylic acids is 3. The van der Waals surface area contributed by atoms with Gasteiger partial charge < -0.3 is 16.8 Å². The van der Waals surface area contributed by atoms with E-state index in [0.29, 0.717) is 24.1 Å². The molecule has 5 N–H and O–H groups in total. The number of amides is 3. The normalized spacial score (nSPS) is 19.1. The number of nitrogens with zero attached hydrogens (tertiary/aromatic N) is 1. The van der Waals surface area contributed by atoms with E-state index in [1.807, 2.05) is 20.8 Å². The standard InChI is InChI=1S/C20H23ClN4O3/c1-20(2,3)16(24-18(27)12-5-4-6-13(22)14(12)21)19(28)25-11-8-7-10(9-11)15(25)17(23)26/h4-6,15-16H,7-8,22H2,1-3H3,(H2,23,26)(H,24,27). The van der Waals surface area contributed by atoms with Crippen molar-refractivity contribution in [3.05, 3.63) is 45.8 Å². The van der Waals surface area contributed by atoms with Gasteiger partial charge in [-0.3, -0.25) is 19.3 Å². The average molecular weight is 403 g/mol. The quantitative estimate of drug-likeness (QED) is 0.526. The number of primary amides is 1. The van der Waals surface area contributed by atoms with Gasteiger partial charge in [0, 0.05) is 5.57 Å². The molecule has 1 aromatic rings. The number of piperidine rings is 1. The monoisotopic (exact) mass is 402 g/mol. The molecule has 1 aromatic carbocycles. The van der Waals surface area contributed by atoms with Crippen molar-refractivity contribution >= 4 is 35.0 Å². The van der Waals surface area contributed by atoms with E-state index in [0.717, 1.165) is 0 Å². The van der Waals surface area contributed by atoms with Crippen LogP contribution in [0.15, 0.2) is 35.2 Å². The fourth-order valence-corrected chi connectivity index (χ4v) is 3.75. The van der Waals surface area contributed by atoms with E-state index < -0.39 is 35.2 Å². The van der Waals surface area contributed by atoms with Crippen LogP contribution < -0.4 is 16.8 Å². The predicted molar refractivity (Wildman–Crippen MR) is 106 cm³/mol. The summed E-state index contributed by atoms with van der Waals surface area (Å²) in [5, 5.41) is 2.89. The molecule has 3 rings (SSSR count). The lowest BCUT2D eigenvalue weighted by molar-refractivity contribution is -0.139. The molecule has 0 radical (unpaired) electrons. The molecule has 1 aliphatic heterocycles. The maximum atomic E-state index is 13.4. The van der Waals surface area contributed by atoms with Crippen LogP contribution in [-0.2, 0) is 9.59 Å². The molecule has 7 nitrogen and oxygen atoms in total. The highest BCUT2D eigenvalue weighted by atomic mass is 35.5. The summed E-state index contributed by atoms with van der Waals surface area (Å²) in [5.74, 6) is -1.53. The van der Waals surface area contributed by atoms with E-state index >= 15 is 0 Å². The van der Waals surface area contributed by atoms with Crippen molar-refractivity contribution in [1.82, 2.24) is 10.2 Å². The van der Waals surface area contributed by atoms with Gasteiger partial charge in [0.1, 0.15) is 12.1 Å². The van der Waals surface area contributed by atoms with Crippen LogP contribution in [0.1, 0.15) is 44.0 Å². The molecule has 28 heavy (non-hydrogen) atoms. The van der Waals surface area contributed by atoms with Gasteiger partial charge in [0.25, 0.3) is 11.8 Å². The largest absolute Gasteiger partial charge is 0.398 e. The summed E-state index contributed by atoms with van der Waals surface area (Å²) in [4.78, 5) is 39.5. The van der Waals surface area contributed by atoms with Gasteiger partial charge in [0.15, 0.2) is 0 Å². The summed E-state index contributed by atoms with van der Waals surface area (Å²) in [5.41, 5.74) is 15.6. The third-order valence-corrected chi connectivity index (χ3v) is 5.41. The number of benzene rings is 1. The fraction of sp³-hybridized carbons (Fsp3) is 0.400. The average Bonchev–Trinajstić information content (AvgIpc) is 3.21. The second kappa shape index (κ2) is 7.00. The Hall–Kier alpha value is -2.76. The van der Waals surface area contributed by atoms with Crippen molar-refractivity contribution in [2.75, 3.05) is 5.73 Å². The van der Waals surface area contributed by atoms with Crippen LogP contribution in [-0.4, -0.2) is 34.7 Å². The van der Waals surface area contributed by atoms with E-state index in [4.69, 9.17) is 23.1 Å². The molecular weight excluding hydrogens is 380 g/mol. The molecule has 0 aromatic heterocycles. The second-order valence-electron chi connectivity index (χ2n) is 8.09. The third-order valence-electron chi connectivity index (χ3n) is 4.98. The molecule has 2 atom stereocenters. The zero-order valence-corrected chi connectivity index (χ0v) is 16.8. The van der Waals surface area contributed by atoms with Crippen molar-refractivity contribution in [3.63, 3.8) is 0 Å². The number of halogens is 1. The molecule has 148 valence electrons. The number of hydrogen-bond acceptors (Lipinski definition) is 4. The van der Waals surface area contributed by atoms with Crippen molar-refractivity contribution in [2.24, 2.45) is 11.1 Å². The molecule has 0 spiro atoms. The smallest absolute Gasteiger partial charge is 0.253 e. The maximum absolute atomic E-state index is 13.4. The third kappa shape index (κ3) is 3.39. The van der Waals surface area contributed by atoms with Gasteiger partial charge in [-0.25, -0.2) is 0 Å². The van der Waals surface area contributed by atoms with Crippen LogP contribution in [0.25, 0.3) is 0 Å². The number of anilines is 1. The van der Waals surface area contributed by atoms with Gasteiger partial charge in [-0.2, -0.15) is 0 Å².